The summed E-state index contributed by atoms with van der Waals surface area (Å²) in [7, 11) is 0. The zero-order valence-corrected chi connectivity index (χ0v) is 21.0. The first-order chi connectivity index (χ1) is 18.2. The van der Waals surface area contributed by atoms with Gasteiger partial charge in [-0.15, -0.1) is 0 Å². The Balaban J connectivity index is 1.14. The highest BCUT2D eigenvalue weighted by Gasteiger charge is 2.23. The highest BCUT2D eigenvalue weighted by Crippen LogP contribution is 2.32. The quantitative estimate of drug-likeness (QED) is 0.297. The molecule has 3 aromatic carbocycles. The van der Waals surface area contributed by atoms with Crippen molar-refractivity contribution in [3.05, 3.63) is 108 Å². The van der Waals surface area contributed by atoms with Crippen molar-refractivity contribution < 1.29 is 0 Å². The molecule has 2 aromatic heterocycles. The van der Waals surface area contributed by atoms with Crippen LogP contribution in [0.1, 0.15) is 41.3 Å². The lowest BCUT2D eigenvalue weighted by molar-refractivity contribution is 0.202. The van der Waals surface area contributed by atoms with E-state index in [0.29, 0.717) is 11.5 Å². The van der Waals surface area contributed by atoms with Crippen LogP contribution in [-0.4, -0.2) is 32.9 Å². The van der Waals surface area contributed by atoms with Crippen molar-refractivity contribution in [3.63, 3.8) is 0 Å². The number of H-pyrrole nitrogens is 1. The molecule has 1 aliphatic rings. The van der Waals surface area contributed by atoms with E-state index in [9.17, 15) is 5.26 Å². The van der Waals surface area contributed by atoms with Gasteiger partial charge in [0.15, 0.2) is 0 Å². The molecule has 6 rings (SSSR count). The maximum Gasteiger partial charge on any atom is 0.110 e. The molecule has 0 unspecified atom stereocenters. The predicted octanol–water partition coefficient (Wildman–Crippen LogP) is 6.85. The van der Waals surface area contributed by atoms with Gasteiger partial charge in [0.2, 0.25) is 0 Å². The fraction of sp³-hybridized carbons (Fsp3) is 0.219. The third-order valence-electron chi connectivity index (χ3n) is 7.37. The molecule has 1 aliphatic heterocycles. The molecule has 0 radical (unpaired) electrons. The normalized spacial score (nSPS) is 14.6. The van der Waals surface area contributed by atoms with Crippen molar-refractivity contribution in [2.24, 2.45) is 0 Å². The Labute approximate surface area is 217 Å². The lowest BCUT2D eigenvalue weighted by atomic mass is 9.95. The van der Waals surface area contributed by atoms with E-state index >= 15 is 0 Å². The largest absolute Gasteiger partial charge is 0.342 e. The summed E-state index contributed by atoms with van der Waals surface area (Å²) in [5.74, 6) is 1.62. The molecule has 1 saturated heterocycles. The zero-order valence-electron chi connectivity index (χ0n) is 21.0. The molecule has 5 aromatic rings. The highest BCUT2D eigenvalue weighted by molar-refractivity contribution is 5.81. The number of aromatic nitrogens is 3. The number of aromatic amines is 1. The van der Waals surface area contributed by atoms with Gasteiger partial charge in [-0.25, -0.2) is 4.98 Å². The van der Waals surface area contributed by atoms with Gasteiger partial charge in [0, 0.05) is 29.8 Å². The molecule has 5 heteroatoms. The van der Waals surface area contributed by atoms with Gasteiger partial charge in [-0.1, -0.05) is 60.7 Å². The number of benzene rings is 3. The van der Waals surface area contributed by atoms with E-state index in [1.54, 1.807) is 6.20 Å². The fourth-order valence-corrected chi connectivity index (χ4v) is 5.32. The van der Waals surface area contributed by atoms with Crippen molar-refractivity contribution in [1.82, 2.24) is 19.9 Å². The van der Waals surface area contributed by atoms with Gasteiger partial charge in [-0.3, -0.25) is 9.88 Å². The maximum absolute atomic E-state index is 9.39. The second kappa shape index (κ2) is 10.0. The number of nitriles is 1. The van der Waals surface area contributed by atoms with Crippen LogP contribution >= 0.6 is 0 Å². The minimum Gasteiger partial charge on any atom is -0.342 e. The Hall–Kier alpha value is -4.27. The molecule has 0 spiro atoms. The predicted molar refractivity (Wildman–Crippen MR) is 148 cm³/mol. The molecular formula is C32H29N5. The molecule has 0 aliphatic carbocycles. The highest BCUT2D eigenvalue weighted by atomic mass is 15.1. The van der Waals surface area contributed by atoms with Gasteiger partial charge in [-0.2, -0.15) is 5.26 Å². The Bertz CT molecular complexity index is 1570. The molecule has 0 amide bonds. The average molecular weight is 484 g/mol. The smallest absolute Gasteiger partial charge is 0.110 e. The molecule has 182 valence electrons. The van der Waals surface area contributed by atoms with Crippen LogP contribution in [0.4, 0.5) is 0 Å². The van der Waals surface area contributed by atoms with Crippen molar-refractivity contribution in [2.75, 3.05) is 13.1 Å². The number of hydrogen-bond acceptors (Lipinski definition) is 4. The van der Waals surface area contributed by atoms with E-state index in [0.717, 1.165) is 71.7 Å². The van der Waals surface area contributed by atoms with E-state index in [1.165, 1.54) is 11.1 Å². The first-order valence-electron chi connectivity index (χ1n) is 12.9. The van der Waals surface area contributed by atoms with Crippen LogP contribution in [0, 0.1) is 18.3 Å². The number of aryl methyl sites for hydroxylation is 1. The van der Waals surface area contributed by atoms with Gasteiger partial charge >= 0.3 is 0 Å². The average Bonchev–Trinajstić information content (AvgIpc) is 3.37. The lowest BCUT2D eigenvalue weighted by Crippen LogP contribution is -2.32. The Morgan fingerprint density at radius 2 is 1.73 bits per heavy atom. The van der Waals surface area contributed by atoms with E-state index in [2.05, 4.69) is 82.5 Å². The van der Waals surface area contributed by atoms with Crippen LogP contribution in [0.2, 0.25) is 0 Å². The van der Waals surface area contributed by atoms with Crippen LogP contribution in [0.15, 0.2) is 85.1 Å². The third kappa shape index (κ3) is 4.89. The lowest BCUT2D eigenvalue weighted by Gasteiger charge is -2.31. The fourth-order valence-electron chi connectivity index (χ4n) is 5.32. The van der Waals surface area contributed by atoms with Crippen LogP contribution < -0.4 is 0 Å². The Morgan fingerprint density at radius 1 is 0.946 bits per heavy atom. The van der Waals surface area contributed by atoms with E-state index < -0.39 is 0 Å². The molecule has 5 nitrogen and oxygen atoms in total. The number of pyridine rings is 1. The first-order valence-corrected chi connectivity index (χ1v) is 12.9. The van der Waals surface area contributed by atoms with Gasteiger partial charge in [0.25, 0.3) is 0 Å². The number of fused-ring (bicyclic) bond motifs is 1. The van der Waals surface area contributed by atoms with Gasteiger partial charge < -0.3 is 4.98 Å². The van der Waals surface area contributed by atoms with Crippen LogP contribution in [0.5, 0.6) is 0 Å². The summed E-state index contributed by atoms with van der Waals surface area (Å²) >= 11 is 0. The number of nitrogens with zero attached hydrogens (tertiary/aromatic N) is 4. The number of piperidine rings is 1. The van der Waals surface area contributed by atoms with Gasteiger partial charge in [0.1, 0.15) is 11.9 Å². The van der Waals surface area contributed by atoms with Crippen LogP contribution in [0.25, 0.3) is 33.4 Å². The third-order valence-corrected chi connectivity index (χ3v) is 7.37. The zero-order chi connectivity index (χ0) is 25.2. The number of likely N-dealkylation sites (tertiary alicyclic amines) is 1. The number of nitrogens with one attached hydrogen (secondary N) is 1. The molecule has 1 fully saturated rings. The van der Waals surface area contributed by atoms with Crippen molar-refractivity contribution >= 4 is 11.0 Å². The Morgan fingerprint density at radius 3 is 2.49 bits per heavy atom. The maximum atomic E-state index is 9.39. The van der Waals surface area contributed by atoms with Crippen LogP contribution in [-0.2, 0) is 6.54 Å². The summed E-state index contributed by atoms with van der Waals surface area (Å²) in [4.78, 5) is 15.6. The number of hydrogen-bond donors (Lipinski definition) is 1. The summed E-state index contributed by atoms with van der Waals surface area (Å²) in [5, 5.41) is 9.39. The summed E-state index contributed by atoms with van der Waals surface area (Å²) in [6, 6.07) is 29.4. The molecule has 0 bridgehead atoms. The Kier molecular flexibility index (Phi) is 6.26. The second-order valence-corrected chi connectivity index (χ2v) is 9.99. The minimum absolute atomic E-state index is 0.491. The van der Waals surface area contributed by atoms with Crippen molar-refractivity contribution in [1.29, 1.82) is 5.26 Å². The van der Waals surface area contributed by atoms with Crippen molar-refractivity contribution in [3.8, 4) is 28.5 Å². The summed E-state index contributed by atoms with van der Waals surface area (Å²) in [6.45, 7) is 5.20. The summed E-state index contributed by atoms with van der Waals surface area (Å²) in [6.07, 6.45) is 3.89. The number of rotatable bonds is 5. The molecule has 0 atom stereocenters. The number of imidazole rings is 1. The molecule has 37 heavy (non-hydrogen) atoms. The van der Waals surface area contributed by atoms with Gasteiger partial charge in [0.05, 0.1) is 22.3 Å². The first kappa shape index (κ1) is 23.1. The topological polar surface area (TPSA) is 68.6 Å². The van der Waals surface area contributed by atoms with E-state index in [-0.39, 0.29) is 0 Å². The van der Waals surface area contributed by atoms with Gasteiger partial charge in [-0.05, 0) is 67.7 Å². The van der Waals surface area contributed by atoms with Crippen LogP contribution in [0.3, 0.4) is 0 Å². The monoisotopic (exact) mass is 483 g/mol. The van der Waals surface area contributed by atoms with E-state index in [1.807, 2.05) is 24.3 Å². The molecule has 0 saturated carbocycles. The van der Waals surface area contributed by atoms with Crippen molar-refractivity contribution in [2.45, 2.75) is 32.2 Å². The summed E-state index contributed by atoms with van der Waals surface area (Å²) < 4.78 is 0. The minimum atomic E-state index is 0.491. The standard InChI is InChI=1S/C32H29N5/c1-22-7-12-29-30(17-22)36-32(35-29)27-13-15-37(16-14-27)21-23-8-10-26(11-9-23)31-28(18-24(19-33)20-34-31)25-5-3-2-4-6-25/h2-12,17-18,20,27H,13-16,21H2,1H3,(H,35,36). The second-order valence-electron chi connectivity index (χ2n) is 9.99. The SMILES string of the molecule is Cc1ccc2nc(C3CCN(Cc4ccc(-c5ncc(C#N)cc5-c5ccccc5)cc4)CC3)[nH]c2c1. The van der Waals surface area contributed by atoms with E-state index in [4.69, 9.17) is 4.98 Å². The molecule has 1 N–H and O–H groups in total. The summed E-state index contributed by atoms with van der Waals surface area (Å²) in [5.41, 5.74) is 9.35. The molecular weight excluding hydrogens is 454 g/mol. The molecule has 3 heterocycles.